The lowest BCUT2D eigenvalue weighted by molar-refractivity contribution is -0.127. The molecular formula is C14H25N5O. The molecule has 1 saturated heterocycles. The molecular weight excluding hydrogens is 254 g/mol. The monoisotopic (exact) mass is 279 g/mol. The van der Waals surface area contributed by atoms with Crippen LogP contribution in [-0.4, -0.2) is 51.2 Å². The van der Waals surface area contributed by atoms with Crippen LogP contribution in [0.2, 0.25) is 0 Å². The minimum absolute atomic E-state index is 0.190. The van der Waals surface area contributed by atoms with E-state index >= 15 is 0 Å². The number of amides is 1. The minimum atomic E-state index is 0.190. The number of carbonyl (C=O) groups excluding carboxylic acids is 1. The molecule has 6 heteroatoms. The van der Waals surface area contributed by atoms with Crippen LogP contribution >= 0.6 is 0 Å². The van der Waals surface area contributed by atoms with E-state index < -0.39 is 0 Å². The molecule has 0 aliphatic carbocycles. The molecule has 0 saturated carbocycles. The third kappa shape index (κ3) is 4.30. The van der Waals surface area contributed by atoms with Crippen LogP contribution < -0.4 is 5.32 Å². The van der Waals surface area contributed by atoms with Crippen LogP contribution in [0.15, 0.2) is 12.7 Å². The summed E-state index contributed by atoms with van der Waals surface area (Å²) in [5.74, 6) is 0.424. The highest BCUT2D eigenvalue weighted by Gasteiger charge is 2.25. The van der Waals surface area contributed by atoms with E-state index in [0.717, 1.165) is 45.4 Å². The van der Waals surface area contributed by atoms with Crippen molar-refractivity contribution < 1.29 is 4.79 Å². The molecule has 6 nitrogen and oxygen atoms in total. The summed E-state index contributed by atoms with van der Waals surface area (Å²) in [6, 6.07) is 0.286. The molecule has 2 heterocycles. The van der Waals surface area contributed by atoms with Crippen molar-refractivity contribution >= 4 is 5.91 Å². The second-order valence-corrected chi connectivity index (χ2v) is 5.63. The van der Waals surface area contributed by atoms with E-state index in [4.69, 9.17) is 0 Å². The number of nitrogens with one attached hydrogen (secondary N) is 1. The van der Waals surface area contributed by atoms with E-state index in [1.54, 1.807) is 12.7 Å². The molecule has 0 radical (unpaired) electrons. The maximum atomic E-state index is 12.1. The van der Waals surface area contributed by atoms with Crippen LogP contribution in [0, 0.1) is 5.92 Å². The van der Waals surface area contributed by atoms with Crippen molar-refractivity contribution in [3.8, 4) is 0 Å². The molecule has 1 aromatic rings. The van der Waals surface area contributed by atoms with Crippen LogP contribution in [-0.2, 0) is 11.3 Å². The van der Waals surface area contributed by atoms with Gasteiger partial charge in [-0.05, 0) is 39.3 Å². The van der Waals surface area contributed by atoms with Gasteiger partial charge in [0.15, 0.2) is 0 Å². The van der Waals surface area contributed by atoms with Crippen molar-refractivity contribution in [1.82, 2.24) is 25.0 Å². The quantitative estimate of drug-likeness (QED) is 0.840. The molecule has 1 amide bonds. The van der Waals surface area contributed by atoms with Crippen molar-refractivity contribution in [3.05, 3.63) is 12.7 Å². The zero-order valence-corrected chi connectivity index (χ0v) is 12.5. The Kier molecular flexibility index (Phi) is 5.52. The van der Waals surface area contributed by atoms with E-state index in [2.05, 4.69) is 34.3 Å². The number of piperidine rings is 1. The Morgan fingerprint density at radius 1 is 1.30 bits per heavy atom. The second-order valence-electron chi connectivity index (χ2n) is 5.63. The number of likely N-dealkylation sites (tertiary alicyclic amines) is 1. The molecule has 0 spiro atoms. The lowest BCUT2D eigenvalue weighted by Gasteiger charge is -2.31. The predicted molar refractivity (Wildman–Crippen MR) is 77.1 cm³/mol. The molecule has 1 fully saturated rings. The third-order valence-electron chi connectivity index (χ3n) is 4.10. The van der Waals surface area contributed by atoms with Gasteiger partial charge in [-0.25, -0.2) is 0 Å². The Morgan fingerprint density at radius 2 is 1.95 bits per heavy atom. The first-order valence-electron chi connectivity index (χ1n) is 7.54. The van der Waals surface area contributed by atoms with E-state index in [-0.39, 0.29) is 17.9 Å². The number of rotatable bonds is 6. The molecule has 1 aliphatic heterocycles. The van der Waals surface area contributed by atoms with Gasteiger partial charge in [0, 0.05) is 25.0 Å². The van der Waals surface area contributed by atoms with Crippen LogP contribution in [0.4, 0.5) is 0 Å². The molecule has 1 aromatic heterocycles. The Morgan fingerprint density at radius 3 is 2.55 bits per heavy atom. The average molecular weight is 279 g/mol. The average Bonchev–Trinajstić information content (AvgIpc) is 2.98. The van der Waals surface area contributed by atoms with Crippen LogP contribution in [0.1, 0.15) is 33.1 Å². The topological polar surface area (TPSA) is 63.1 Å². The SMILES string of the molecule is CC[C@@H](C)NC(=O)C1CCN(CCn2cnnc2)CC1. The van der Waals surface area contributed by atoms with Crippen molar-refractivity contribution in [2.75, 3.05) is 19.6 Å². The van der Waals surface area contributed by atoms with Crippen molar-refractivity contribution in [3.63, 3.8) is 0 Å². The van der Waals surface area contributed by atoms with Crippen LogP contribution in [0.25, 0.3) is 0 Å². The molecule has 0 bridgehead atoms. The van der Waals surface area contributed by atoms with Gasteiger partial charge in [-0.3, -0.25) is 4.79 Å². The molecule has 1 N–H and O–H groups in total. The molecule has 0 aromatic carbocycles. The predicted octanol–water partition coefficient (Wildman–Crippen LogP) is 0.905. The Bertz CT molecular complexity index is 398. The first-order valence-corrected chi connectivity index (χ1v) is 7.54. The summed E-state index contributed by atoms with van der Waals surface area (Å²) in [5, 5.41) is 10.7. The molecule has 2 rings (SSSR count). The Labute approximate surface area is 120 Å². The van der Waals surface area contributed by atoms with Crippen LogP contribution in [0.5, 0.6) is 0 Å². The van der Waals surface area contributed by atoms with E-state index in [1.807, 2.05) is 4.57 Å². The fourth-order valence-corrected chi connectivity index (χ4v) is 2.48. The van der Waals surface area contributed by atoms with E-state index in [9.17, 15) is 4.79 Å². The zero-order chi connectivity index (χ0) is 14.4. The Hall–Kier alpha value is -1.43. The van der Waals surface area contributed by atoms with Gasteiger partial charge in [-0.2, -0.15) is 0 Å². The summed E-state index contributed by atoms with van der Waals surface area (Å²) < 4.78 is 1.99. The van der Waals surface area contributed by atoms with Gasteiger partial charge < -0.3 is 14.8 Å². The maximum Gasteiger partial charge on any atom is 0.223 e. The summed E-state index contributed by atoms with van der Waals surface area (Å²) in [6.45, 7) is 8.07. The van der Waals surface area contributed by atoms with Crippen molar-refractivity contribution in [1.29, 1.82) is 0 Å². The van der Waals surface area contributed by atoms with Crippen LogP contribution in [0.3, 0.4) is 0 Å². The first-order chi connectivity index (χ1) is 9.69. The molecule has 1 atom stereocenters. The zero-order valence-electron chi connectivity index (χ0n) is 12.5. The normalized spacial score (nSPS) is 18.9. The summed E-state index contributed by atoms with van der Waals surface area (Å²) in [4.78, 5) is 14.5. The maximum absolute atomic E-state index is 12.1. The Balaban J connectivity index is 1.68. The second kappa shape index (κ2) is 7.38. The first kappa shape index (κ1) is 15.0. The molecule has 20 heavy (non-hydrogen) atoms. The molecule has 112 valence electrons. The van der Waals surface area contributed by atoms with Crippen molar-refractivity contribution in [2.45, 2.75) is 45.7 Å². The fourth-order valence-electron chi connectivity index (χ4n) is 2.48. The number of nitrogens with zero attached hydrogens (tertiary/aromatic N) is 4. The van der Waals surface area contributed by atoms with Gasteiger partial charge in [0.25, 0.3) is 0 Å². The number of aromatic nitrogens is 3. The number of hydrogen-bond acceptors (Lipinski definition) is 4. The summed E-state index contributed by atoms with van der Waals surface area (Å²) >= 11 is 0. The third-order valence-corrected chi connectivity index (χ3v) is 4.10. The molecule has 1 aliphatic rings. The van der Waals surface area contributed by atoms with Gasteiger partial charge in [0.05, 0.1) is 0 Å². The van der Waals surface area contributed by atoms with Gasteiger partial charge in [-0.1, -0.05) is 6.92 Å². The van der Waals surface area contributed by atoms with E-state index in [0.29, 0.717) is 0 Å². The number of carbonyl (C=O) groups is 1. The van der Waals surface area contributed by atoms with Gasteiger partial charge in [0.1, 0.15) is 12.7 Å². The standard InChI is InChI=1S/C14H25N5O/c1-3-12(2)17-14(20)13-4-6-18(7-5-13)8-9-19-10-15-16-11-19/h10-13H,3-9H2,1-2H3,(H,17,20)/t12-/m1/s1. The van der Waals surface area contributed by atoms with E-state index in [1.165, 1.54) is 0 Å². The minimum Gasteiger partial charge on any atom is -0.353 e. The lowest BCUT2D eigenvalue weighted by Crippen LogP contribution is -2.43. The largest absolute Gasteiger partial charge is 0.353 e. The highest BCUT2D eigenvalue weighted by Crippen LogP contribution is 2.17. The molecule has 0 unspecified atom stereocenters. The highest BCUT2D eigenvalue weighted by atomic mass is 16.1. The summed E-state index contributed by atoms with van der Waals surface area (Å²) in [5.41, 5.74) is 0. The summed E-state index contributed by atoms with van der Waals surface area (Å²) in [6.07, 6.45) is 6.40. The van der Waals surface area contributed by atoms with Gasteiger partial charge in [-0.15, -0.1) is 10.2 Å². The van der Waals surface area contributed by atoms with Gasteiger partial charge >= 0.3 is 0 Å². The van der Waals surface area contributed by atoms with Crippen molar-refractivity contribution in [2.24, 2.45) is 5.92 Å². The number of hydrogen-bond donors (Lipinski definition) is 1. The smallest absolute Gasteiger partial charge is 0.223 e. The lowest BCUT2D eigenvalue weighted by atomic mass is 9.95. The highest BCUT2D eigenvalue weighted by molar-refractivity contribution is 5.79. The fraction of sp³-hybridized carbons (Fsp3) is 0.786. The summed E-state index contributed by atoms with van der Waals surface area (Å²) in [7, 11) is 0. The van der Waals surface area contributed by atoms with Gasteiger partial charge in [0.2, 0.25) is 5.91 Å².